The van der Waals surface area contributed by atoms with Gasteiger partial charge in [-0.25, -0.2) is 12.8 Å². The molecule has 0 atom stereocenters. The van der Waals surface area contributed by atoms with Gasteiger partial charge in [0.25, 0.3) is 0 Å². The lowest BCUT2D eigenvalue weighted by Crippen LogP contribution is -2.37. The maximum atomic E-state index is 14.9. The number of carbonyl (C=O) groups excluding carboxylic acids is 1. The number of hydrogen-bond acceptors (Lipinski definition) is 5. The van der Waals surface area contributed by atoms with Gasteiger partial charge in [-0.1, -0.05) is 67.9 Å². The van der Waals surface area contributed by atoms with E-state index in [1.54, 1.807) is 6.07 Å². The Balaban J connectivity index is 1.79. The maximum Gasteiger partial charge on any atom is 0.417 e. The second-order valence-electron chi connectivity index (χ2n) is 11.0. The van der Waals surface area contributed by atoms with Crippen molar-refractivity contribution in [2.75, 3.05) is 26.0 Å². The molecular weight excluding hydrogens is 608 g/mol. The summed E-state index contributed by atoms with van der Waals surface area (Å²) in [6, 6.07) is 15.8. The standard InChI is InChI=1S/C31H35ClF4N2O4S/c1-21(39)37-18-25-27(33)16-24(17-28(25)43(4,40)41)42-15-9-14-38(20-30(2,3)23-11-6-5-7-12-23)19-22-10-8-13-26(29(22)32)31(34,35)36/h5-8,10-13,16-17H,9,14-15,18-20H2,1-4H3,(H,37,39). The van der Waals surface area contributed by atoms with Gasteiger partial charge >= 0.3 is 6.18 Å². The number of ether oxygens (including phenoxy) is 1. The van der Waals surface area contributed by atoms with E-state index in [1.165, 1.54) is 19.1 Å². The molecule has 0 spiro atoms. The highest BCUT2D eigenvalue weighted by molar-refractivity contribution is 7.90. The van der Waals surface area contributed by atoms with Gasteiger partial charge in [-0.15, -0.1) is 0 Å². The number of halogens is 5. The molecular formula is C31H35ClF4N2O4S. The van der Waals surface area contributed by atoms with E-state index in [2.05, 4.69) is 5.32 Å². The molecule has 234 valence electrons. The average Bonchev–Trinajstić information content (AvgIpc) is 2.90. The molecule has 0 bridgehead atoms. The van der Waals surface area contributed by atoms with Gasteiger partial charge in [-0.3, -0.25) is 9.69 Å². The molecule has 0 heterocycles. The van der Waals surface area contributed by atoms with E-state index in [1.807, 2.05) is 49.1 Å². The summed E-state index contributed by atoms with van der Waals surface area (Å²) in [5, 5.41) is 2.05. The van der Waals surface area contributed by atoms with Crippen molar-refractivity contribution >= 4 is 27.3 Å². The molecule has 1 amide bonds. The number of amides is 1. The van der Waals surface area contributed by atoms with E-state index in [0.717, 1.165) is 24.0 Å². The van der Waals surface area contributed by atoms with Crippen LogP contribution in [0.3, 0.4) is 0 Å². The summed E-state index contributed by atoms with van der Waals surface area (Å²) in [6.45, 7) is 6.11. The van der Waals surface area contributed by atoms with E-state index in [0.29, 0.717) is 25.1 Å². The van der Waals surface area contributed by atoms with Crippen molar-refractivity contribution in [2.45, 2.75) is 56.8 Å². The molecule has 0 unspecified atom stereocenters. The van der Waals surface area contributed by atoms with Crippen LogP contribution in [0.15, 0.2) is 65.6 Å². The monoisotopic (exact) mass is 642 g/mol. The summed E-state index contributed by atoms with van der Waals surface area (Å²) in [4.78, 5) is 13.0. The number of sulfone groups is 1. The molecule has 0 fully saturated rings. The van der Waals surface area contributed by atoms with Crippen molar-refractivity contribution in [3.63, 3.8) is 0 Å². The number of nitrogens with one attached hydrogen (secondary N) is 1. The molecule has 3 rings (SSSR count). The number of hydrogen-bond donors (Lipinski definition) is 1. The number of nitrogens with zero attached hydrogens (tertiary/aromatic N) is 1. The Kier molecular flexibility index (Phi) is 11.3. The van der Waals surface area contributed by atoms with Crippen LogP contribution in [0.5, 0.6) is 5.75 Å². The average molecular weight is 643 g/mol. The molecule has 0 saturated carbocycles. The van der Waals surface area contributed by atoms with Crippen molar-refractivity contribution in [2.24, 2.45) is 0 Å². The van der Waals surface area contributed by atoms with Crippen LogP contribution in [0, 0.1) is 5.82 Å². The summed E-state index contributed by atoms with van der Waals surface area (Å²) in [6.07, 6.45) is -3.26. The van der Waals surface area contributed by atoms with E-state index in [4.69, 9.17) is 16.3 Å². The molecule has 12 heteroatoms. The number of alkyl halides is 3. The van der Waals surface area contributed by atoms with E-state index in [-0.39, 0.29) is 46.3 Å². The smallest absolute Gasteiger partial charge is 0.417 e. The Morgan fingerprint density at radius 2 is 1.72 bits per heavy atom. The highest BCUT2D eigenvalue weighted by Gasteiger charge is 2.34. The molecule has 3 aromatic rings. The van der Waals surface area contributed by atoms with Gasteiger partial charge in [0.15, 0.2) is 9.84 Å². The molecule has 3 aromatic carbocycles. The first-order valence-corrected chi connectivity index (χ1v) is 15.8. The van der Waals surface area contributed by atoms with Crippen molar-refractivity contribution < 1.29 is 35.5 Å². The number of benzene rings is 3. The van der Waals surface area contributed by atoms with E-state index in [9.17, 15) is 30.8 Å². The first-order valence-electron chi connectivity index (χ1n) is 13.5. The van der Waals surface area contributed by atoms with Crippen LogP contribution < -0.4 is 10.1 Å². The quantitative estimate of drug-likeness (QED) is 0.164. The Labute approximate surface area is 254 Å². The van der Waals surface area contributed by atoms with Crippen molar-refractivity contribution in [3.8, 4) is 5.75 Å². The minimum atomic E-state index is -4.59. The molecule has 0 saturated heterocycles. The van der Waals surface area contributed by atoms with Gasteiger partial charge in [-0.05, 0) is 29.7 Å². The zero-order chi connectivity index (χ0) is 32.0. The van der Waals surface area contributed by atoms with E-state index >= 15 is 0 Å². The Morgan fingerprint density at radius 1 is 1.05 bits per heavy atom. The van der Waals surface area contributed by atoms with Gasteiger partial charge in [0.1, 0.15) is 11.6 Å². The summed E-state index contributed by atoms with van der Waals surface area (Å²) in [5.41, 5.74) is -0.0568. The normalized spacial score (nSPS) is 12.4. The first kappa shape index (κ1) is 34.3. The summed E-state index contributed by atoms with van der Waals surface area (Å²) < 4.78 is 85.8. The lowest BCUT2D eigenvalue weighted by Gasteiger charge is -2.33. The predicted molar refractivity (Wildman–Crippen MR) is 158 cm³/mol. The minimum absolute atomic E-state index is 0.00147. The highest BCUT2D eigenvalue weighted by atomic mass is 35.5. The Morgan fingerprint density at radius 3 is 2.33 bits per heavy atom. The zero-order valence-corrected chi connectivity index (χ0v) is 26.0. The first-order chi connectivity index (χ1) is 20.0. The zero-order valence-electron chi connectivity index (χ0n) is 24.4. The summed E-state index contributed by atoms with van der Waals surface area (Å²) >= 11 is 6.21. The summed E-state index contributed by atoms with van der Waals surface area (Å²) in [7, 11) is -3.84. The largest absolute Gasteiger partial charge is 0.493 e. The van der Waals surface area contributed by atoms with Gasteiger partial charge in [-0.2, -0.15) is 13.2 Å². The van der Waals surface area contributed by atoms with Crippen LogP contribution in [0.2, 0.25) is 5.02 Å². The van der Waals surface area contributed by atoms with E-state index < -0.39 is 33.3 Å². The van der Waals surface area contributed by atoms with Crippen LogP contribution in [-0.4, -0.2) is 45.2 Å². The fourth-order valence-electron chi connectivity index (χ4n) is 4.78. The number of rotatable bonds is 13. The maximum absolute atomic E-state index is 14.9. The minimum Gasteiger partial charge on any atom is -0.493 e. The lowest BCUT2D eigenvalue weighted by atomic mass is 9.84. The molecule has 43 heavy (non-hydrogen) atoms. The van der Waals surface area contributed by atoms with Crippen molar-refractivity contribution in [1.82, 2.24) is 10.2 Å². The predicted octanol–water partition coefficient (Wildman–Crippen LogP) is 6.79. The van der Waals surface area contributed by atoms with Gasteiger partial charge in [0.05, 0.1) is 22.1 Å². The highest BCUT2D eigenvalue weighted by Crippen LogP contribution is 2.37. The van der Waals surface area contributed by atoms with Crippen LogP contribution in [-0.2, 0) is 39.3 Å². The van der Waals surface area contributed by atoms with Crippen LogP contribution in [0.4, 0.5) is 17.6 Å². The molecule has 0 aliphatic rings. The Bertz CT molecular complexity index is 1530. The lowest BCUT2D eigenvalue weighted by molar-refractivity contribution is -0.137. The topological polar surface area (TPSA) is 75.7 Å². The van der Waals surface area contributed by atoms with Gasteiger partial charge in [0, 0.05) is 56.4 Å². The van der Waals surface area contributed by atoms with Gasteiger partial charge < -0.3 is 10.1 Å². The van der Waals surface area contributed by atoms with Crippen LogP contribution in [0.1, 0.15) is 49.4 Å². The molecule has 0 radical (unpaired) electrons. The fraction of sp³-hybridized carbons (Fsp3) is 0.387. The number of carbonyl (C=O) groups is 1. The molecule has 0 aliphatic carbocycles. The summed E-state index contributed by atoms with van der Waals surface area (Å²) in [5.74, 6) is -1.27. The molecule has 0 aliphatic heterocycles. The molecule has 0 aromatic heterocycles. The third-order valence-electron chi connectivity index (χ3n) is 6.88. The fourth-order valence-corrected chi connectivity index (χ4v) is 6.02. The van der Waals surface area contributed by atoms with Crippen molar-refractivity contribution in [3.05, 3.63) is 93.8 Å². The third kappa shape index (κ3) is 9.67. The van der Waals surface area contributed by atoms with Crippen LogP contribution in [0.25, 0.3) is 0 Å². The molecule has 6 nitrogen and oxygen atoms in total. The Hall–Kier alpha value is -3.15. The second-order valence-corrected chi connectivity index (χ2v) is 13.4. The van der Waals surface area contributed by atoms with Crippen molar-refractivity contribution in [1.29, 1.82) is 0 Å². The SMILES string of the molecule is CC(=O)NCc1c(F)cc(OCCCN(Cc2cccc(C(F)(F)F)c2Cl)CC(C)(C)c2ccccc2)cc1S(C)(=O)=O. The van der Waals surface area contributed by atoms with Gasteiger partial charge in [0.2, 0.25) is 5.91 Å². The third-order valence-corrected chi connectivity index (χ3v) is 8.49. The second kappa shape index (κ2) is 14.1. The van der Waals surface area contributed by atoms with Crippen LogP contribution >= 0.6 is 11.6 Å². The molecule has 1 N–H and O–H groups in total.